The molecule has 0 aromatic carbocycles. The van der Waals surface area contributed by atoms with Gasteiger partial charge in [-0.2, -0.15) is 0 Å². The SMILES string of the molecule is CC/C=C\C/C=C\C/C=C\C/C=C\C/C=C\CCCCCCCC(=O)OC(COC(=O)CCCCCCC/C=C\CCC)COC(=O)CCCCCCCCCCCCCCCCC/C=C\C/C=C\CCCCCCC. The van der Waals surface area contributed by atoms with Crippen molar-refractivity contribution in [3.8, 4) is 0 Å². The fourth-order valence-corrected chi connectivity index (χ4v) is 8.97. The zero-order valence-corrected chi connectivity index (χ0v) is 50.0. The molecule has 0 fully saturated rings. The van der Waals surface area contributed by atoms with E-state index in [0.29, 0.717) is 19.3 Å². The summed E-state index contributed by atoms with van der Waals surface area (Å²) >= 11 is 0. The van der Waals surface area contributed by atoms with Crippen molar-refractivity contribution >= 4 is 17.9 Å². The summed E-state index contributed by atoms with van der Waals surface area (Å²) in [5, 5.41) is 0. The van der Waals surface area contributed by atoms with Gasteiger partial charge in [0.1, 0.15) is 13.2 Å². The number of carbonyl (C=O) groups excluding carboxylic acids is 3. The fourth-order valence-electron chi connectivity index (χ4n) is 8.97. The monoisotopic (exact) mass is 1060 g/mol. The van der Waals surface area contributed by atoms with Crippen molar-refractivity contribution in [2.75, 3.05) is 13.2 Å². The van der Waals surface area contributed by atoms with Crippen molar-refractivity contribution in [1.82, 2.24) is 0 Å². The van der Waals surface area contributed by atoms with Crippen LogP contribution in [0.15, 0.2) is 97.2 Å². The zero-order valence-electron chi connectivity index (χ0n) is 50.0. The molecule has 436 valence electrons. The average molecular weight is 1060 g/mol. The smallest absolute Gasteiger partial charge is 0.306 e. The van der Waals surface area contributed by atoms with Gasteiger partial charge in [-0.05, 0) is 116 Å². The van der Waals surface area contributed by atoms with Crippen LogP contribution in [0.4, 0.5) is 0 Å². The minimum absolute atomic E-state index is 0.0873. The Morgan fingerprint density at radius 3 is 0.868 bits per heavy atom. The Hall–Kier alpha value is -3.67. The lowest BCUT2D eigenvalue weighted by Crippen LogP contribution is -2.30. The van der Waals surface area contributed by atoms with Crippen LogP contribution in [-0.4, -0.2) is 37.2 Å². The van der Waals surface area contributed by atoms with Gasteiger partial charge in [0.2, 0.25) is 0 Å². The number of unbranched alkanes of at least 4 members (excludes halogenated alkanes) is 31. The molecule has 6 heteroatoms. The largest absolute Gasteiger partial charge is 0.462 e. The van der Waals surface area contributed by atoms with Gasteiger partial charge in [0, 0.05) is 19.3 Å². The van der Waals surface area contributed by atoms with Gasteiger partial charge < -0.3 is 14.2 Å². The van der Waals surface area contributed by atoms with E-state index in [0.717, 1.165) is 135 Å². The second kappa shape index (κ2) is 63.9. The van der Waals surface area contributed by atoms with E-state index in [1.165, 1.54) is 135 Å². The molecule has 0 spiro atoms. The van der Waals surface area contributed by atoms with Crippen LogP contribution in [0.3, 0.4) is 0 Å². The maximum atomic E-state index is 12.9. The van der Waals surface area contributed by atoms with Crippen LogP contribution < -0.4 is 0 Å². The van der Waals surface area contributed by atoms with E-state index in [1.807, 2.05) is 0 Å². The third-order valence-electron chi connectivity index (χ3n) is 13.8. The number of esters is 3. The molecule has 6 nitrogen and oxygen atoms in total. The van der Waals surface area contributed by atoms with E-state index in [4.69, 9.17) is 14.2 Å². The second-order valence-electron chi connectivity index (χ2n) is 21.3. The van der Waals surface area contributed by atoms with Gasteiger partial charge in [-0.15, -0.1) is 0 Å². The van der Waals surface area contributed by atoms with Crippen LogP contribution in [0.2, 0.25) is 0 Å². The Kier molecular flexibility index (Phi) is 60.8. The number of hydrogen-bond donors (Lipinski definition) is 0. The summed E-state index contributed by atoms with van der Waals surface area (Å²) in [7, 11) is 0. The first-order chi connectivity index (χ1) is 37.5. The molecular formula is C70H120O6. The van der Waals surface area contributed by atoms with Crippen molar-refractivity contribution in [3.63, 3.8) is 0 Å². The molecule has 0 aliphatic rings. The molecule has 0 rings (SSSR count). The maximum Gasteiger partial charge on any atom is 0.306 e. The Morgan fingerprint density at radius 2 is 0.539 bits per heavy atom. The lowest BCUT2D eigenvalue weighted by atomic mass is 10.0. The van der Waals surface area contributed by atoms with Gasteiger partial charge >= 0.3 is 17.9 Å². The first-order valence-electron chi connectivity index (χ1n) is 32.2. The molecular weight excluding hydrogens is 937 g/mol. The summed E-state index contributed by atoms with van der Waals surface area (Å²) in [6, 6.07) is 0. The first kappa shape index (κ1) is 72.3. The Labute approximate surface area is 470 Å². The molecule has 0 saturated heterocycles. The molecule has 76 heavy (non-hydrogen) atoms. The van der Waals surface area contributed by atoms with Crippen molar-refractivity contribution < 1.29 is 28.6 Å². The molecule has 0 heterocycles. The molecule has 0 bridgehead atoms. The van der Waals surface area contributed by atoms with E-state index in [2.05, 4.69) is 118 Å². The number of carbonyl (C=O) groups is 3. The third-order valence-corrected chi connectivity index (χ3v) is 13.8. The van der Waals surface area contributed by atoms with Crippen LogP contribution in [0, 0.1) is 0 Å². The minimum Gasteiger partial charge on any atom is -0.462 e. The fraction of sp³-hybridized carbons (Fsp3) is 0.729. The van der Waals surface area contributed by atoms with Crippen LogP contribution in [-0.2, 0) is 28.6 Å². The predicted octanol–water partition coefficient (Wildman–Crippen LogP) is 22.0. The topological polar surface area (TPSA) is 78.9 Å². The molecule has 0 aromatic heterocycles. The number of hydrogen-bond acceptors (Lipinski definition) is 6. The van der Waals surface area contributed by atoms with E-state index < -0.39 is 6.10 Å². The molecule has 0 saturated carbocycles. The summed E-state index contributed by atoms with van der Waals surface area (Å²) in [5.41, 5.74) is 0. The molecule has 1 atom stereocenters. The normalized spacial score (nSPS) is 12.7. The molecule has 0 N–H and O–H groups in total. The number of ether oxygens (including phenoxy) is 3. The summed E-state index contributed by atoms with van der Waals surface area (Å²) in [6.07, 6.45) is 85.7. The predicted molar refractivity (Wildman–Crippen MR) is 330 cm³/mol. The summed E-state index contributed by atoms with van der Waals surface area (Å²) in [6.45, 7) is 6.45. The molecule has 0 amide bonds. The molecule has 0 aromatic rings. The standard InChI is InChI=1S/C70H120O6/c1-4-7-10-13-16-19-22-24-26-28-30-32-33-34-35-36-37-39-40-42-44-46-48-51-54-57-60-63-69(72)75-66-67(65-74-68(71)62-59-56-53-50-21-18-15-12-9-6-3)76-70(73)64-61-58-55-52-49-47-45-43-41-38-31-29-27-25-23-20-17-14-11-8-5-2/h8,11-12,15,17,20,22,24-25,27-28,30-31,38,43,45,67H,4-7,9-10,13-14,16,18-19,21,23,26,29,32-37,39-42,44,46-66H2,1-3H3/b11-8-,15-12-,20-17-,24-22-,27-25-,30-28-,38-31-,45-43-. The highest BCUT2D eigenvalue weighted by Crippen LogP contribution is 2.16. The summed E-state index contributed by atoms with van der Waals surface area (Å²) in [4.78, 5) is 38.2. The van der Waals surface area contributed by atoms with Crippen LogP contribution in [0.5, 0.6) is 0 Å². The number of allylic oxidation sites excluding steroid dienone is 16. The quantitative estimate of drug-likeness (QED) is 0.0261. The highest BCUT2D eigenvalue weighted by molar-refractivity contribution is 5.71. The van der Waals surface area contributed by atoms with Crippen LogP contribution in [0.1, 0.15) is 310 Å². The highest BCUT2D eigenvalue weighted by Gasteiger charge is 2.19. The van der Waals surface area contributed by atoms with Gasteiger partial charge in [-0.25, -0.2) is 0 Å². The van der Waals surface area contributed by atoms with Gasteiger partial charge in [0.05, 0.1) is 0 Å². The van der Waals surface area contributed by atoms with Crippen LogP contribution in [0.25, 0.3) is 0 Å². The Balaban J connectivity index is 4.25. The van der Waals surface area contributed by atoms with Crippen molar-refractivity contribution in [3.05, 3.63) is 97.2 Å². The van der Waals surface area contributed by atoms with E-state index in [9.17, 15) is 14.4 Å². The van der Waals surface area contributed by atoms with E-state index in [1.54, 1.807) is 0 Å². The van der Waals surface area contributed by atoms with Gasteiger partial charge in [-0.3, -0.25) is 14.4 Å². The Bertz CT molecular complexity index is 1490. The summed E-state index contributed by atoms with van der Waals surface area (Å²) < 4.78 is 16.9. The lowest BCUT2D eigenvalue weighted by molar-refractivity contribution is -0.167. The molecule has 1 unspecified atom stereocenters. The van der Waals surface area contributed by atoms with Crippen molar-refractivity contribution in [2.45, 2.75) is 316 Å². The molecule has 0 aliphatic heterocycles. The van der Waals surface area contributed by atoms with E-state index >= 15 is 0 Å². The lowest BCUT2D eigenvalue weighted by Gasteiger charge is -2.18. The van der Waals surface area contributed by atoms with Crippen LogP contribution >= 0.6 is 0 Å². The minimum atomic E-state index is -0.792. The van der Waals surface area contributed by atoms with Crippen molar-refractivity contribution in [2.24, 2.45) is 0 Å². The van der Waals surface area contributed by atoms with Gasteiger partial charge in [0.25, 0.3) is 0 Å². The maximum absolute atomic E-state index is 12.9. The van der Waals surface area contributed by atoms with Crippen molar-refractivity contribution in [1.29, 1.82) is 0 Å². The molecule has 0 aliphatic carbocycles. The van der Waals surface area contributed by atoms with E-state index in [-0.39, 0.29) is 31.1 Å². The highest BCUT2D eigenvalue weighted by atomic mass is 16.6. The van der Waals surface area contributed by atoms with Gasteiger partial charge in [-0.1, -0.05) is 272 Å². The number of rotatable bonds is 58. The first-order valence-corrected chi connectivity index (χ1v) is 32.2. The Morgan fingerprint density at radius 1 is 0.276 bits per heavy atom. The average Bonchev–Trinajstić information content (AvgIpc) is 3.42. The zero-order chi connectivity index (χ0) is 55.0. The third kappa shape index (κ3) is 61.2. The summed E-state index contributed by atoms with van der Waals surface area (Å²) in [5.74, 6) is -0.910. The second-order valence-corrected chi connectivity index (χ2v) is 21.3. The van der Waals surface area contributed by atoms with Gasteiger partial charge in [0.15, 0.2) is 6.10 Å². The molecule has 0 radical (unpaired) electrons.